The summed E-state index contributed by atoms with van der Waals surface area (Å²) in [6, 6.07) is 15.9. The van der Waals surface area contributed by atoms with Gasteiger partial charge in [0.2, 0.25) is 0 Å². The van der Waals surface area contributed by atoms with Crippen LogP contribution in [0.4, 0.5) is 0 Å². The predicted molar refractivity (Wildman–Crippen MR) is 113 cm³/mol. The predicted octanol–water partition coefficient (Wildman–Crippen LogP) is 5.24. The first-order chi connectivity index (χ1) is 12.7. The van der Waals surface area contributed by atoms with E-state index in [1.807, 2.05) is 11.8 Å². The highest BCUT2D eigenvalue weighted by Gasteiger charge is 2.23. The lowest BCUT2D eigenvalue weighted by atomic mass is 10.0. The second-order valence-corrected chi connectivity index (χ2v) is 8.48. The van der Waals surface area contributed by atoms with E-state index in [0.717, 1.165) is 26.2 Å². The third-order valence-corrected chi connectivity index (χ3v) is 6.58. The molecule has 1 saturated heterocycles. The zero-order chi connectivity index (χ0) is 17.9. The molecule has 0 saturated carbocycles. The van der Waals surface area contributed by atoms with E-state index in [2.05, 4.69) is 72.3 Å². The summed E-state index contributed by atoms with van der Waals surface area (Å²) in [6.07, 6.45) is 6.11. The summed E-state index contributed by atoms with van der Waals surface area (Å²) in [4.78, 5) is 7.76. The fourth-order valence-electron chi connectivity index (χ4n) is 3.75. The lowest BCUT2D eigenvalue weighted by Gasteiger charge is -2.36. The fraction of sp³-hybridized carbons (Fsp3) is 0.391. The minimum Gasteiger partial charge on any atom is -0.368 e. The molecule has 136 valence electrons. The summed E-state index contributed by atoms with van der Waals surface area (Å²) < 4.78 is 0. The first-order valence-electron chi connectivity index (χ1n) is 9.80. The Labute approximate surface area is 161 Å². The number of fused-ring (bicyclic) bond motifs is 2. The Hall–Kier alpha value is -1.71. The van der Waals surface area contributed by atoms with Crippen LogP contribution in [0.3, 0.4) is 0 Å². The minimum absolute atomic E-state index is 1.10. The third-order valence-electron chi connectivity index (χ3n) is 5.41. The van der Waals surface area contributed by atoms with Gasteiger partial charge in [-0.3, -0.25) is 0 Å². The van der Waals surface area contributed by atoms with Gasteiger partial charge >= 0.3 is 0 Å². The molecule has 2 aromatic carbocycles. The molecular weight excluding hydrogens is 336 g/mol. The minimum atomic E-state index is 1.10. The van der Waals surface area contributed by atoms with E-state index in [4.69, 9.17) is 0 Å². The highest BCUT2D eigenvalue weighted by molar-refractivity contribution is 7.99. The summed E-state index contributed by atoms with van der Waals surface area (Å²) >= 11 is 1.92. The van der Waals surface area contributed by atoms with Gasteiger partial charge in [-0.15, -0.1) is 0 Å². The van der Waals surface area contributed by atoms with Crippen LogP contribution in [0.1, 0.15) is 36.5 Å². The molecule has 0 atom stereocenters. The van der Waals surface area contributed by atoms with Gasteiger partial charge in [0.1, 0.15) is 0 Å². The van der Waals surface area contributed by atoms with Crippen LogP contribution >= 0.6 is 11.8 Å². The van der Waals surface area contributed by atoms with Gasteiger partial charge in [0, 0.05) is 47.2 Å². The van der Waals surface area contributed by atoms with E-state index >= 15 is 0 Å². The van der Waals surface area contributed by atoms with Crippen LogP contribution in [-0.4, -0.2) is 43.0 Å². The standard InChI is InChI=1S/C23H28N2S/c1-3-4-7-18-10-11-23-20(16-18)21(25-14-12-24(2)13-15-25)17-19-8-5-6-9-22(19)26-23/h5-6,8-11,16-17H,3-4,7,12-15H2,1-2H3. The number of rotatable bonds is 4. The topological polar surface area (TPSA) is 6.48 Å². The van der Waals surface area contributed by atoms with Crippen molar-refractivity contribution in [3.8, 4) is 0 Å². The van der Waals surface area contributed by atoms with Gasteiger partial charge in [-0.25, -0.2) is 0 Å². The molecule has 2 aliphatic rings. The molecule has 1 fully saturated rings. The highest BCUT2D eigenvalue weighted by Crippen LogP contribution is 2.42. The molecule has 0 unspecified atom stereocenters. The van der Waals surface area contributed by atoms with Gasteiger partial charge in [0.05, 0.1) is 0 Å². The molecular formula is C23H28N2S. The van der Waals surface area contributed by atoms with Crippen molar-refractivity contribution in [2.45, 2.75) is 36.0 Å². The van der Waals surface area contributed by atoms with Crippen molar-refractivity contribution < 1.29 is 0 Å². The number of nitrogens with zero attached hydrogens (tertiary/aromatic N) is 2. The Bertz CT molecular complexity index is 804. The highest BCUT2D eigenvalue weighted by atomic mass is 32.2. The number of hydrogen-bond acceptors (Lipinski definition) is 3. The largest absolute Gasteiger partial charge is 0.368 e. The van der Waals surface area contributed by atoms with Crippen LogP contribution in [0.15, 0.2) is 52.3 Å². The van der Waals surface area contributed by atoms with E-state index in [1.54, 1.807) is 0 Å². The molecule has 3 heteroatoms. The number of piperazine rings is 1. The summed E-state index contributed by atoms with van der Waals surface area (Å²) in [5, 5.41) is 0. The molecule has 2 nitrogen and oxygen atoms in total. The lowest BCUT2D eigenvalue weighted by Crippen LogP contribution is -2.43. The van der Waals surface area contributed by atoms with E-state index in [0.29, 0.717) is 0 Å². The Kier molecular flexibility index (Phi) is 5.37. The molecule has 2 aliphatic heterocycles. The van der Waals surface area contributed by atoms with Gasteiger partial charge in [-0.1, -0.05) is 49.4 Å². The smallest absolute Gasteiger partial charge is 0.0458 e. The van der Waals surface area contributed by atoms with Crippen LogP contribution in [0.2, 0.25) is 0 Å². The van der Waals surface area contributed by atoms with Crippen molar-refractivity contribution in [1.82, 2.24) is 9.80 Å². The number of unbranched alkanes of at least 4 members (excludes halogenated alkanes) is 1. The van der Waals surface area contributed by atoms with Crippen molar-refractivity contribution in [2.75, 3.05) is 33.2 Å². The number of likely N-dealkylation sites (N-methyl/N-ethyl adjacent to an activating group) is 1. The van der Waals surface area contributed by atoms with E-state index in [9.17, 15) is 0 Å². The summed E-state index contributed by atoms with van der Waals surface area (Å²) in [5.74, 6) is 0. The summed E-state index contributed by atoms with van der Waals surface area (Å²) in [6.45, 7) is 6.75. The molecule has 2 heterocycles. The van der Waals surface area contributed by atoms with Gasteiger partial charge in [0.25, 0.3) is 0 Å². The van der Waals surface area contributed by atoms with Crippen LogP contribution in [0.25, 0.3) is 11.8 Å². The van der Waals surface area contributed by atoms with Crippen LogP contribution in [-0.2, 0) is 6.42 Å². The summed E-state index contributed by atoms with van der Waals surface area (Å²) in [5.41, 5.74) is 5.64. The SMILES string of the molecule is CCCCc1ccc2c(c1)C(N1CCN(C)CC1)=Cc1ccccc1S2. The Morgan fingerprint density at radius 2 is 1.77 bits per heavy atom. The van der Waals surface area contributed by atoms with E-state index in [1.165, 1.54) is 51.4 Å². The fourth-order valence-corrected chi connectivity index (χ4v) is 4.79. The van der Waals surface area contributed by atoms with Crippen molar-refractivity contribution >= 4 is 23.5 Å². The maximum atomic E-state index is 2.59. The molecule has 0 aliphatic carbocycles. The van der Waals surface area contributed by atoms with Gasteiger partial charge in [0.15, 0.2) is 0 Å². The first kappa shape index (κ1) is 17.7. The quantitative estimate of drug-likeness (QED) is 0.732. The third kappa shape index (κ3) is 3.70. The number of hydrogen-bond donors (Lipinski definition) is 0. The van der Waals surface area contributed by atoms with Crippen LogP contribution in [0, 0.1) is 0 Å². The number of benzene rings is 2. The average Bonchev–Trinajstić information content (AvgIpc) is 2.83. The zero-order valence-corrected chi connectivity index (χ0v) is 16.7. The molecule has 0 aromatic heterocycles. The monoisotopic (exact) mass is 364 g/mol. The lowest BCUT2D eigenvalue weighted by molar-refractivity contribution is 0.207. The summed E-state index contributed by atoms with van der Waals surface area (Å²) in [7, 11) is 2.22. The molecule has 26 heavy (non-hydrogen) atoms. The van der Waals surface area contributed by atoms with E-state index in [-0.39, 0.29) is 0 Å². The number of aryl methyl sites for hydroxylation is 1. The van der Waals surface area contributed by atoms with Gasteiger partial charge in [-0.2, -0.15) is 0 Å². The maximum Gasteiger partial charge on any atom is 0.0458 e. The van der Waals surface area contributed by atoms with Crippen molar-refractivity contribution in [3.63, 3.8) is 0 Å². The van der Waals surface area contributed by atoms with E-state index < -0.39 is 0 Å². The van der Waals surface area contributed by atoms with Crippen molar-refractivity contribution in [2.24, 2.45) is 0 Å². The molecule has 4 rings (SSSR count). The second kappa shape index (κ2) is 7.89. The molecule has 0 bridgehead atoms. The molecule has 0 N–H and O–H groups in total. The average molecular weight is 365 g/mol. The molecule has 0 amide bonds. The molecule has 0 radical (unpaired) electrons. The first-order valence-corrected chi connectivity index (χ1v) is 10.6. The Morgan fingerprint density at radius 1 is 0.962 bits per heavy atom. The normalized spacial score (nSPS) is 17.3. The van der Waals surface area contributed by atoms with Crippen molar-refractivity contribution in [1.29, 1.82) is 0 Å². The second-order valence-electron chi connectivity index (χ2n) is 7.39. The van der Waals surface area contributed by atoms with Crippen LogP contribution in [0.5, 0.6) is 0 Å². The Balaban J connectivity index is 1.77. The zero-order valence-electron chi connectivity index (χ0n) is 15.9. The van der Waals surface area contributed by atoms with Gasteiger partial charge in [-0.05, 0) is 55.3 Å². The molecule has 0 spiro atoms. The van der Waals surface area contributed by atoms with Crippen LogP contribution < -0.4 is 0 Å². The van der Waals surface area contributed by atoms with Crippen molar-refractivity contribution in [3.05, 3.63) is 59.2 Å². The Morgan fingerprint density at radius 3 is 2.58 bits per heavy atom. The maximum absolute atomic E-state index is 2.59. The van der Waals surface area contributed by atoms with Gasteiger partial charge < -0.3 is 9.80 Å². The molecule has 2 aromatic rings.